The van der Waals surface area contributed by atoms with Gasteiger partial charge in [-0.05, 0) is 83.1 Å². The van der Waals surface area contributed by atoms with Crippen molar-refractivity contribution in [1.82, 2.24) is 5.32 Å². The molecule has 3 unspecified atom stereocenters. The van der Waals surface area contributed by atoms with E-state index in [-0.39, 0.29) is 24.9 Å². The maximum absolute atomic E-state index is 13.2. The predicted molar refractivity (Wildman–Crippen MR) is 296 cm³/mol. The summed E-state index contributed by atoms with van der Waals surface area (Å²) in [6.07, 6.45) is 72.5. The summed E-state index contributed by atoms with van der Waals surface area (Å²) in [4.78, 5) is 26.2. The minimum Gasteiger partial charge on any atom is -0.458 e. The molecule has 0 aromatic carbocycles. The van der Waals surface area contributed by atoms with Crippen LogP contribution in [0.25, 0.3) is 0 Å². The van der Waals surface area contributed by atoms with Crippen molar-refractivity contribution in [2.75, 3.05) is 6.61 Å². The number of ether oxygens (including phenoxy) is 1. The van der Waals surface area contributed by atoms with Gasteiger partial charge in [-0.2, -0.15) is 0 Å². The highest BCUT2D eigenvalue weighted by molar-refractivity contribution is 5.78. The van der Waals surface area contributed by atoms with Gasteiger partial charge < -0.3 is 20.3 Å². The van der Waals surface area contributed by atoms with E-state index in [9.17, 15) is 19.8 Å². The van der Waals surface area contributed by atoms with E-state index >= 15 is 0 Å². The monoisotopic (exact) mass is 948 g/mol. The second-order valence-corrected chi connectivity index (χ2v) is 19.3. The zero-order valence-corrected chi connectivity index (χ0v) is 44.7. The molecule has 0 spiro atoms. The van der Waals surface area contributed by atoms with Crippen molar-refractivity contribution in [3.63, 3.8) is 0 Å². The first-order valence-electron chi connectivity index (χ1n) is 28.8. The number of carbonyl (C=O) groups is 2. The number of allylic oxidation sites excluding steroid dienone is 13. The first-order chi connectivity index (χ1) is 33.5. The number of aliphatic hydroxyl groups excluding tert-OH is 2. The van der Waals surface area contributed by atoms with E-state index in [1.54, 1.807) is 6.08 Å². The van der Waals surface area contributed by atoms with Crippen LogP contribution in [0.4, 0.5) is 0 Å². The van der Waals surface area contributed by atoms with Crippen molar-refractivity contribution in [3.8, 4) is 0 Å². The Hall–Kier alpha value is -2.96. The van der Waals surface area contributed by atoms with Crippen LogP contribution < -0.4 is 5.32 Å². The maximum atomic E-state index is 13.2. The highest BCUT2D eigenvalue weighted by atomic mass is 16.5. The molecule has 0 fully saturated rings. The van der Waals surface area contributed by atoms with Gasteiger partial charge in [0.15, 0.2) is 0 Å². The van der Waals surface area contributed by atoms with Gasteiger partial charge in [-0.15, -0.1) is 0 Å². The van der Waals surface area contributed by atoms with Crippen molar-refractivity contribution >= 4 is 11.9 Å². The van der Waals surface area contributed by atoms with Gasteiger partial charge in [-0.25, -0.2) is 0 Å². The number of esters is 1. The molecule has 3 N–H and O–H groups in total. The average molecular weight is 949 g/mol. The highest BCUT2D eigenvalue weighted by Gasteiger charge is 2.23. The quantitative estimate of drug-likeness (QED) is 0.0321. The molecule has 0 aliphatic rings. The fourth-order valence-corrected chi connectivity index (χ4v) is 8.36. The Morgan fingerprint density at radius 3 is 1.28 bits per heavy atom. The number of hydrogen-bond donors (Lipinski definition) is 3. The lowest BCUT2D eigenvalue weighted by atomic mass is 10.0. The molecule has 6 heteroatoms. The molecule has 6 nitrogen and oxygen atoms in total. The number of aliphatic hydroxyl groups is 2. The lowest BCUT2D eigenvalue weighted by Crippen LogP contribution is -2.46. The van der Waals surface area contributed by atoms with Crippen LogP contribution >= 0.6 is 0 Å². The van der Waals surface area contributed by atoms with Crippen LogP contribution in [-0.2, 0) is 14.3 Å². The molecule has 0 radical (unpaired) electrons. The van der Waals surface area contributed by atoms with Crippen LogP contribution in [0.15, 0.2) is 85.1 Å². The first-order valence-corrected chi connectivity index (χ1v) is 28.8. The van der Waals surface area contributed by atoms with Gasteiger partial charge >= 0.3 is 5.97 Å². The molecule has 0 saturated heterocycles. The molecular formula is C62H109NO5. The van der Waals surface area contributed by atoms with Gasteiger partial charge in [0.1, 0.15) is 6.10 Å². The largest absolute Gasteiger partial charge is 0.458 e. The Balaban J connectivity index is 4.64. The molecule has 1 amide bonds. The molecule has 0 aromatic rings. The topological polar surface area (TPSA) is 95.9 Å². The second kappa shape index (κ2) is 55.0. The SMILES string of the molecule is CC/C=C/C/C=C/C/C=C/C/C=C/C/C=C/C(CC(=O)NC(CO)C(O)CCCCCCCCCCCCCCCCCC)OC(=O)CCCCCCCCCCC/C=C\C/C=C\CCCCC. The molecule has 0 saturated carbocycles. The molecule has 0 bridgehead atoms. The third kappa shape index (κ3) is 49.5. The van der Waals surface area contributed by atoms with Gasteiger partial charge in [0, 0.05) is 6.42 Å². The van der Waals surface area contributed by atoms with E-state index in [0.29, 0.717) is 19.3 Å². The Bertz CT molecular complexity index is 1290. The minimum atomic E-state index is -0.824. The highest BCUT2D eigenvalue weighted by Crippen LogP contribution is 2.17. The Morgan fingerprint density at radius 2 is 0.824 bits per heavy atom. The van der Waals surface area contributed by atoms with Crippen LogP contribution in [0, 0.1) is 0 Å². The molecule has 68 heavy (non-hydrogen) atoms. The van der Waals surface area contributed by atoms with Gasteiger partial charge in [0.25, 0.3) is 0 Å². The van der Waals surface area contributed by atoms with E-state index in [4.69, 9.17) is 4.74 Å². The van der Waals surface area contributed by atoms with E-state index in [1.165, 1.54) is 154 Å². The van der Waals surface area contributed by atoms with Crippen molar-refractivity contribution in [3.05, 3.63) is 85.1 Å². The van der Waals surface area contributed by atoms with Crippen LogP contribution in [0.1, 0.15) is 271 Å². The lowest BCUT2D eigenvalue weighted by Gasteiger charge is -2.23. The smallest absolute Gasteiger partial charge is 0.306 e. The predicted octanol–water partition coefficient (Wildman–Crippen LogP) is 17.9. The fraction of sp³-hybridized carbons (Fsp3) is 0.742. The van der Waals surface area contributed by atoms with Crippen molar-refractivity contribution < 1.29 is 24.5 Å². The summed E-state index contributed by atoms with van der Waals surface area (Å²) in [5.74, 6) is -0.631. The molecule has 0 aliphatic heterocycles. The van der Waals surface area contributed by atoms with Crippen LogP contribution in [0.3, 0.4) is 0 Å². The molecule has 0 aromatic heterocycles. The Labute approximate surface area is 421 Å². The van der Waals surface area contributed by atoms with Crippen molar-refractivity contribution in [1.29, 1.82) is 0 Å². The normalized spacial score (nSPS) is 13.8. The zero-order chi connectivity index (χ0) is 49.5. The van der Waals surface area contributed by atoms with Crippen LogP contribution in [0.5, 0.6) is 0 Å². The van der Waals surface area contributed by atoms with E-state index in [1.807, 2.05) is 6.08 Å². The zero-order valence-electron chi connectivity index (χ0n) is 44.7. The second-order valence-electron chi connectivity index (χ2n) is 19.3. The molecule has 0 rings (SSSR count). The molecule has 3 atom stereocenters. The van der Waals surface area contributed by atoms with Crippen molar-refractivity contribution in [2.24, 2.45) is 0 Å². The van der Waals surface area contributed by atoms with Crippen LogP contribution in [-0.4, -0.2) is 46.9 Å². The average Bonchev–Trinajstić information content (AvgIpc) is 3.33. The van der Waals surface area contributed by atoms with Gasteiger partial charge in [0.2, 0.25) is 5.91 Å². The summed E-state index contributed by atoms with van der Waals surface area (Å²) in [6, 6.07) is -0.747. The van der Waals surface area contributed by atoms with E-state index in [0.717, 1.165) is 70.6 Å². The summed E-state index contributed by atoms with van der Waals surface area (Å²) < 4.78 is 5.85. The third-order valence-electron chi connectivity index (χ3n) is 12.7. The van der Waals surface area contributed by atoms with Gasteiger partial charge in [-0.1, -0.05) is 260 Å². The summed E-state index contributed by atoms with van der Waals surface area (Å²) in [5, 5.41) is 23.8. The number of carbonyl (C=O) groups excluding carboxylic acids is 2. The first kappa shape index (κ1) is 65.0. The minimum absolute atomic E-state index is 0.0501. The Morgan fingerprint density at radius 1 is 0.456 bits per heavy atom. The summed E-state index contributed by atoms with van der Waals surface area (Å²) in [5.41, 5.74) is 0. The number of amides is 1. The summed E-state index contributed by atoms with van der Waals surface area (Å²) >= 11 is 0. The number of nitrogens with one attached hydrogen (secondary N) is 1. The molecule has 0 heterocycles. The standard InChI is InChI=1S/C62H109NO5/c1-4-7-10-13-16-19-22-25-28-30-31-32-34-37-40-43-46-49-52-55-62(67)68-58(53-50-47-44-41-38-35-27-24-21-18-15-12-9-6-3)56-61(66)63-59(57-64)60(65)54-51-48-45-42-39-36-33-29-26-23-20-17-14-11-8-5-2/h9,12,16,18-19,21,25,27-28,35,41,44,50,53,58-60,64-65H,4-8,10-11,13-15,17,20,22-24,26,29-34,36-40,42-43,45-49,51-52,54-57H2,1-3H3,(H,63,66)/b12-9+,19-16-,21-18+,28-25-,35-27+,44-41+,53-50+. The lowest BCUT2D eigenvalue weighted by molar-refractivity contribution is -0.148. The number of unbranched alkanes of at least 4 members (excludes halogenated alkanes) is 27. The summed E-state index contributed by atoms with van der Waals surface area (Å²) in [7, 11) is 0. The molecule has 0 aliphatic carbocycles. The van der Waals surface area contributed by atoms with E-state index < -0.39 is 18.2 Å². The van der Waals surface area contributed by atoms with Gasteiger partial charge in [-0.3, -0.25) is 9.59 Å². The van der Waals surface area contributed by atoms with Crippen LogP contribution in [0.2, 0.25) is 0 Å². The molecule has 392 valence electrons. The van der Waals surface area contributed by atoms with E-state index in [2.05, 4.69) is 99.0 Å². The Kier molecular flexibility index (Phi) is 52.6. The number of rotatable bonds is 51. The van der Waals surface area contributed by atoms with Gasteiger partial charge in [0.05, 0.1) is 25.2 Å². The summed E-state index contributed by atoms with van der Waals surface area (Å²) in [6.45, 7) is 6.33. The number of hydrogen-bond acceptors (Lipinski definition) is 5. The van der Waals surface area contributed by atoms with Crippen molar-refractivity contribution in [2.45, 2.75) is 289 Å². The molecular weight excluding hydrogens is 839 g/mol. The maximum Gasteiger partial charge on any atom is 0.306 e. The fourth-order valence-electron chi connectivity index (χ4n) is 8.36. The third-order valence-corrected chi connectivity index (χ3v) is 12.7.